The van der Waals surface area contributed by atoms with Gasteiger partial charge in [-0.25, -0.2) is 4.52 Å². The number of hydrogen-bond donors (Lipinski definition) is 1. The van der Waals surface area contributed by atoms with Gasteiger partial charge < -0.3 is 5.32 Å². The first-order chi connectivity index (χ1) is 9.65. The van der Waals surface area contributed by atoms with Crippen LogP contribution in [0.25, 0.3) is 5.52 Å². The Balaban J connectivity index is 1.91. The zero-order chi connectivity index (χ0) is 14.1. The molecule has 3 aromatic rings. The smallest absolute Gasteiger partial charge is 0.276 e. The highest BCUT2D eigenvalue weighted by Crippen LogP contribution is 2.23. The van der Waals surface area contributed by atoms with Crippen molar-refractivity contribution in [2.45, 2.75) is 6.92 Å². The summed E-state index contributed by atoms with van der Waals surface area (Å²) in [4.78, 5) is 12.2. The topological polar surface area (TPSA) is 46.4 Å². The van der Waals surface area contributed by atoms with Gasteiger partial charge in [0.1, 0.15) is 0 Å². The van der Waals surface area contributed by atoms with Gasteiger partial charge in [-0.3, -0.25) is 4.79 Å². The first-order valence-corrected chi connectivity index (χ1v) is 6.54. The third-order valence-corrected chi connectivity index (χ3v) is 3.53. The Kier molecular flexibility index (Phi) is 3.16. The van der Waals surface area contributed by atoms with Crippen LogP contribution in [-0.4, -0.2) is 15.5 Å². The average molecular weight is 286 g/mol. The number of carbonyl (C=O) groups excluding carboxylic acids is 1. The van der Waals surface area contributed by atoms with Gasteiger partial charge in [0.05, 0.1) is 5.52 Å². The van der Waals surface area contributed by atoms with E-state index in [-0.39, 0.29) is 5.91 Å². The number of benzene rings is 1. The van der Waals surface area contributed by atoms with Crippen LogP contribution >= 0.6 is 11.6 Å². The van der Waals surface area contributed by atoms with Crippen molar-refractivity contribution < 1.29 is 4.79 Å². The lowest BCUT2D eigenvalue weighted by molar-refractivity contribution is 0.102. The molecule has 1 amide bonds. The molecule has 0 saturated heterocycles. The van der Waals surface area contributed by atoms with Gasteiger partial charge in [-0.2, -0.15) is 5.10 Å². The molecule has 4 nitrogen and oxygen atoms in total. The second-order valence-electron chi connectivity index (χ2n) is 4.47. The number of fused-ring (bicyclic) bond motifs is 1. The molecule has 1 aromatic carbocycles. The summed E-state index contributed by atoms with van der Waals surface area (Å²) in [6.07, 6.45) is 1.80. The van der Waals surface area contributed by atoms with E-state index < -0.39 is 0 Å². The van der Waals surface area contributed by atoms with E-state index >= 15 is 0 Å². The van der Waals surface area contributed by atoms with Crippen molar-refractivity contribution >= 4 is 28.7 Å². The minimum absolute atomic E-state index is 0.251. The number of hydrogen-bond acceptors (Lipinski definition) is 2. The van der Waals surface area contributed by atoms with Crippen LogP contribution in [0.15, 0.2) is 48.7 Å². The van der Waals surface area contributed by atoms with Crippen LogP contribution in [0.3, 0.4) is 0 Å². The third-order valence-electron chi connectivity index (χ3n) is 3.12. The minimum atomic E-state index is -0.251. The Bertz CT molecular complexity index is 762. The second-order valence-corrected chi connectivity index (χ2v) is 4.87. The molecule has 0 aliphatic rings. The molecule has 1 N–H and O–H groups in total. The van der Waals surface area contributed by atoms with Gasteiger partial charge in [0.2, 0.25) is 0 Å². The van der Waals surface area contributed by atoms with Crippen LogP contribution in [0.1, 0.15) is 16.1 Å². The lowest BCUT2D eigenvalue weighted by atomic mass is 10.2. The molecule has 0 fully saturated rings. The number of rotatable bonds is 2. The zero-order valence-electron chi connectivity index (χ0n) is 10.8. The first kappa shape index (κ1) is 12.7. The molecule has 100 valence electrons. The Morgan fingerprint density at radius 1 is 1.25 bits per heavy atom. The number of nitrogens with zero attached hydrogens (tertiary/aromatic N) is 2. The molecule has 20 heavy (non-hydrogen) atoms. The highest BCUT2D eigenvalue weighted by atomic mass is 35.5. The molecule has 0 aliphatic heterocycles. The van der Waals surface area contributed by atoms with Gasteiger partial charge in [-0.15, -0.1) is 0 Å². The minimum Gasteiger partial charge on any atom is -0.320 e. The molecule has 2 heterocycles. The Morgan fingerprint density at radius 3 is 2.90 bits per heavy atom. The van der Waals surface area contributed by atoms with E-state index in [1.165, 1.54) is 0 Å². The number of aromatic nitrogens is 2. The molecule has 0 bridgehead atoms. The van der Waals surface area contributed by atoms with Crippen molar-refractivity contribution in [2.75, 3.05) is 5.32 Å². The molecule has 0 unspecified atom stereocenters. The van der Waals surface area contributed by atoms with E-state index in [9.17, 15) is 4.79 Å². The van der Waals surface area contributed by atoms with Gasteiger partial charge in [-0.1, -0.05) is 23.7 Å². The van der Waals surface area contributed by atoms with Crippen LogP contribution in [0, 0.1) is 6.92 Å². The number of pyridine rings is 1. The van der Waals surface area contributed by atoms with E-state index in [1.807, 2.05) is 31.2 Å². The Hall–Kier alpha value is -2.33. The maximum Gasteiger partial charge on any atom is 0.276 e. The van der Waals surface area contributed by atoms with Crippen molar-refractivity contribution in [3.05, 3.63) is 64.9 Å². The predicted molar refractivity (Wildman–Crippen MR) is 79.3 cm³/mol. The summed E-state index contributed by atoms with van der Waals surface area (Å²) in [6, 6.07) is 12.8. The predicted octanol–water partition coefficient (Wildman–Crippen LogP) is 3.55. The first-order valence-electron chi connectivity index (χ1n) is 6.16. The van der Waals surface area contributed by atoms with E-state index in [2.05, 4.69) is 10.4 Å². The number of halogens is 1. The normalized spacial score (nSPS) is 10.7. The summed E-state index contributed by atoms with van der Waals surface area (Å²) in [5.41, 5.74) is 2.78. The van der Waals surface area contributed by atoms with Gasteiger partial charge in [0.15, 0.2) is 5.69 Å². The van der Waals surface area contributed by atoms with Crippen LogP contribution in [-0.2, 0) is 0 Å². The molecule has 0 spiro atoms. The van der Waals surface area contributed by atoms with Crippen molar-refractivity contribution in [3.8, 4) is 0 Å². The van der Waals surface area contributed by atoms with Crippen molar-refractivity contribution in [3.63, 3.8) is 0 Å². The summed E-state index contributed by atoms with van der Waals surface area (Å²) in [7, 11) is 0. The van der Waals surface area contributed by atoms with E-state index in [4.69, 9.17) is 11.6 Å². The maximum atomic E-state index is 12.2. The molecule has 0 aliphatic carbocycles. The fourth-order valence-electron chi connectivity index (χ4n) is 1.98. The molecule has 0 saturated carbocycles. The van der Waals surface area contributed by atoms with Crippen LogP contribution in [0.2, 0.25) is 5.02 Å². The molecule has 0 atom stereocenters. The zero-order valence-corrected chi connectivity index (χ0v) is 11.6. The van der Waals surface area contributed by atoms with Gasteiger partial charge >= 0.3 is 0 Å². The standard InChI is InChI=1S/C15H12ClN3O/c1-10-12(16)6-4-7-13(10)17-15(20)14-9-11-5-2-3-8-19(11)18-14/h2-9H,1H3,(H,17,20). The summed E-state index contributed by atoms with van der Waals surface area (Å²) < 4.78 is 1.67. The van der Waals surface area contributed by atoms with Crippen molar-refractivity contribution in [1.29, 1.82) is 0 Å². The quantitative estimate of drug-likeness (QED) is 0.783. The fourth-order valence-corrected chi connectivity index (χ4v) is 2.15. The van der Waals surface area contributed by atoms with Gasteiger partial charge in [0.25, 0.3) is 5.91 Å². The lowest BCUT2D eigenvalue weighted by Crippen LogP contribution is -2.13. The van der Waals surface area contributed by atoms with Crippen LogP contribution < -0.4 is 5.32 Å². The maximum absolute atomic E-state index is 12.2. The molecule has 2 aromatic heterocycles. The molecule has 3 rings (SSSR count). The SMILES string of the molecule is Cc1c(Cl)cccc1NC(=O)c1cc2ccccn2n1. The molecular weight excluding hydrogens is 274 g/mol. The summed E-state index contributed by atoms with van der Waals surface area (Å²) >= 11 is 6.04. The van der Waals surface area contributed by atoms with Gasteiger partial charge in [0, 0.05) is 16.9 Å². The van der Waals surface area contributed by atoms with E-state index in [1.54, 1.807) is 28.9 Å². The molecule has 0 radical (unpaired) electrons. The number of amides is 1. The highest BCUT2D eigenvalue weighted by Gasteiger charge is 2.12. The van der Waals surface area contributed by atoms with Crippen LogP contribution in [0.4, 0.5) is 5.69 Å². The van der Waals surface area contributed by atoms with Crippen molar-refractivity contribution in [1.82, 2.24) is 9.61 Å². The summed E-state index contributed by atoms with van der Waals surface area (Å²) in [5.74, 6) is -0.251. The number of nitrogens with one attached hydrogen (secondary N) is 1. The average Bonchev–Trinajstić information content (AvgIpc) is 2.88. The molecular formula is C15H12ClN3O. The largest absolute Gasteiger partial charge is 0.320 e. The summed E-state index contributed by atoms with van der Waals surface area (Å²) in [5, 5.41) is 7.68. The molecule has 5 heteroatoms. The number of carbonyl (C=O) groups is 1. The second kappa shape index (κ2) is 4.98. The van der Waals surface area contributed by atoms with Crippen LogP contribution in [0.5, 0.6) is 0 Å². The van der Waals surface area contributed by atoms with E-state index in [0.29, 0.717) is 16.4 Å². The Morgan fingerprint density at radius 2 is 2.10 bits per heavy atom. The van der Waals surface area contributed by atoms with Crippen molar-refractivity contribution in [2.24, 2.45) is 0 Å². The van der Waals surface area contributed by atoms with E-state index in [0.717, 1.165) is 11.1 Å². The van der Waals surface area contributed by atoms with Gasteiger partial charge in [-0.05, 0) is 42.8 Å². The summed E-state index contributed by atoms with van der Waals surface area (Å²) in [6.45, 7) is 1.86. The third kappa shape index (κ3) is 2.26. The Labute approximate surface area is 121 Å². The fraction of sp³-hybridized carbons (Fsp3) is 0.0667. The monoisotopic (exact) mass is 285 g/mol. The number of anilines is 1. The lowest BCUT2D eigenvalue weighted by Gasteiger charge is -2.07. The highest BCUT2D eigenvalue weighted by molar-refractivity contribution is 6.31.